The van der Waals surface area contributed by atoms with Crippen molar-refractivity contribution in [2.24, 2.45) is 5.92 Å². The fourth-order valence-corrected chi connectivity index (χ4v) is 5.14. The Kier molecular flexibility index (Phi) is 7.89. The highest BCUT2D eigenvalue weighted by Gasteiger charge is 2.67. The Morgan fingerprint density at radius 1 is 1.06 bits per heavy atom. The van der Waals surface area contributed by atoms with Crippen LogP contribution in [0, 0.1) is 11.7 Å². The maximum Gasteiger partial charge on any atom is 0.231 e. The summed E-state index contributed by atoms with van der Waals surface area (Å²) < 4.78 is 13.1. The molecule has 0 bridgehead atoms. The first-order chi connectivity index (χ1) is 15.0. The highest BCUT2D eigenvalue weighted by molar-refractivity contribution is 6.54. The molecular weight excluding hydrogens is 521 g/mol. The summed E-state index contributed by atoms with van der Waals surface area (Å²) in [5.41, 5.74) is 1.47. The molecule has 10 heteroatoms. The van der Waals surface area contributed by atoms with Crippen LogP contribution in [-0.2, 0) is 16.0 Å². The van der Waals surface area contributed by atoms with Crippen molar-refractivity contribution in [3.63, 3.8) is 0 Å². The first-order valence-electron chi connectivity index (χ1n) is 9.97. The monoisotopic (exact) mass is 538 g/mol. The second kappa shape index (κ2) is 9.94. The Bertz CT molecular complexity index is 1050. The fraction of sp³-hybridized carbons (Fsp3) is 0.364. The average molecular weight is 541 g/mol. The Labute approximate surface area is 210 Å². The summed E-state index contributed by atoms with van der Waals surface area (Å²) in [4.78, 5) is 25.1. The van der Waals surface area contributed by atoms with Gasteiger partial charge < -0.3 is 10.6 Å². The van der Waals surface area contributed by atoms with Gasteiger partial charge in [-0.3, -0.25) is 9.59 Å². The lowest BCUT2D eigenvalue weighted by Gasteiger charge is -2.16. The molecule has 32 heavy (non-hydrogen) atoms. The van der Waals surface area contributed by atoms with E-state index in [1.54, 1.807) is 19.1 Å². The number of carbonyl (C=O) groups is 2. The summed E-state index contributed by atoms with van der Waals surface area (Å²) in [6.07, 6.45) is 1.26. The molecule has 2 N–H and O–H groups in total. The highest BCUT2D eigenvalue weighted by Crippen LogP contribution is 2.65. The third-order valence-corrected chi connectivity index (χ3v) is 7.45. The molecule has 0 unspecified atom stereocenters. The van der Waals surface area contributed by atoms with Gasteiger partial charge in [-0.15, -0.1) is 23.2 Å². The molecule has 2 aromatic carbocycles. The Hall–Kier alpha value is -1.24. The van der Waals surface area contributed by atoms with Gasteiger partial charge in [-0.2, -0.15) is 0 Å². The van der Waals surface area contributed by atoms with Crippen molar-refractivity contribution in [2.75, 3.05) is 10.6 Å². The van der Waals surface area contributed by atoms with Crippen molar-refractivity contribution in [2.45, 2.75) is 43.4 Å². The molecule has 4 nitrogen and oxygen atoms in total. The molecule has 1 aliphatic carbocycles. The minimum atomic E-state index is -1.38. The standard InChI is InChI=1S/C22H20Cl5FN2O2/c1-3-5-16(31)30-20-11(4-2)15(7-6-14(20)28)29-21(32)18-17(22(18,26)27)10-8-12(23)19(25)13(24)9-10/h6-9,17-18H,3-5H2,1-2H3,(H,29,32)(H,30,31)/t17-,18+/m0/s1. The van der Waals surface area contributed by atoms with Gasteiger partial charge in [0, 0.05) is 23.6 Å². The number of rotatable bonds is 7. The Morgan fingerprint density at radius 2 is 1.69 bits per heavy atom. The molecule has 172 valence electrons. The van der Waals surface area contributed by atoms with Crippen molar-refractivity contribution in [3.8, 4) is 0 Å². The van der Waals surface area contributed by atoms with Gasteiger partial charge in [0.15, 0.2) is 0 Å². The number of nitrogens with one attached hydrogen (secondary N) is 2. The first kappa shape index (κ1) is 25.4. The van der Waals surface area contributed by atoms with Crippen LogP contribution in [-0.4, -0.2) is 16.1 Å². The summed E-state index contributed by atoms with van der Waals surface area (Å²) in [6.45, 7) is 3.65. The van der Waals surface area contributed by atoms with Crippen LogP contribution in [0.25, 0.3) is 0 Å². The van der Waals surface area contributed by atoms with Gasteiger partial charge in [0.2, 0.25) is 11.8 Å². The van der Waals surface area contributed by atoms with Crippen LogP contribution in [0.15, 0.2) is 24.3 Å². The summed E-state index contributed by atoms with van der Waals surface area (Å²) in [7, 11) is 0. The number of halogens is 6. The normalized spacial score (nSPS) is 18.9. The van der Waals surface area contributed by atoms with Crippen molar-refractivity contribution in [1.82, 2.24) is 0 Å². The number of benzene rings is 2. The molecule has 3 rings (SSSR count). The third kappa shape index (κ3) is 4.97. The highest BCUT2D eigenvalue weighted by atomic mass is 35.5. The van der Waals surface area contributed by atoms with E-state index in [4.69, 9.17) is 58.0 Å². The molecule has 1 fully saturated rings. The van der Waals surface area contributed by atoms with Gasteiger partial charge in [0.05, 0.1) is 26.7 Å². The number of amides is 2. The number of carbonyl (C=O) groups excluding carboxylic acids is 2. The molecule has 0 aliphatic heterocycles. The number of alkyl halides is 2. The van der Waals surface area contributed by atoms with Gasteiger partial charge in [-0.25, -0.2) is 4.39 Å². The topological polar surface area (TPSA) is 58.2 Å². The SMILES string of the molecule is CCCC(=O)Nc1c(F)ccc(NC(=O)[C@H]2[C@H](c3cc(Cl)c(Cl)c(Cl)c3)C2(Cl)Cl)c1CC. The molecule has 2 atom stereocenters. The van der Waals surface area contributed by atoms with Gasteiger partial charge in [0.1, 0.15) is 10.2 Å². The smallest absolute Gasteiger partial charge is 0.231 e. The van der Waals surface area contributed by atoms with Crippen LogP contribution in [0.2, 0.25) is 15.1 Å². The molecular formula is C22H20Cl5FN2O2. The molecule has 0 saturated heterocycles. The summed E-state index contributed by atoms with van der Waals surface area (Å²) >= 11 is 31.0. The van der Waals surface area contributed by atoms with E-state index >= 15 is 0 Å². The van der Waals surface area contributed by atoms with Crippen LogP contribution < -0.4 is 10.6 Å². The first-order valence-corrected chi connectivity index (χ1v) is 11.9. The van der Waals surface area contributed by atoms with Crippen molar-refractivity contribution < 1.29 is 14.0 Å². The molecule has 0 spiro atoms. The largest absolute Gasteiger partial charge is 0.325 e. The van der Waals surface area contributed by atoms with Crippen LogP contribution in [0.3, 0.4) is 0 Å². The number of anilines is 2. The van der Waals surface area contributed by atoms with Crippen LogP contribution >= 0.6 is 58.0 Å². The van der Waals surface area contributed by atoms with Crippen molar-refractivity contribution >= 4 is 81.2 Å². The fourth-order valence-electron chi connectivity index (χ4n) is 3.70. The van der Waals surface area contributed by atoms with Gasteiger partial charge in [0.25, 0.3) is 0 Å². The van der Waals surface area contributed by atoms with E-state index in [2.05, 4.69) is 10.6 Å². The zero-order valence-electron chi connectivity index (χ0n) is 17.2. The van der Waals surface area contributed by atoms with E-state index in [9.17, 15) is 14.0 Å². The summed E-state index contributed by atoms with van der Waals surface area (Å²) in [5, 5.41) is 6.02. The second-order valence-corrected chi connectivity index (χ2v) is 10.2. The summed E-state index contributed by atoms with van der Waals surface area (Å²) in [6, 6.07) is 5.78. The molecule has 0 heterocycles. The van der Waals surface area contributed by atoms with E-state index in [0.717, 1.165) is 0 Å². The number of hydrogen-bond donors (Lipinski definition) is 2. The van der Waals surface area contributed by atoms with E-state index < -0.39 is 27.9 Å². The van der Waals surface area contributed by atoms with Gasteiger partial charge >= 0.3 is 0 Å². The molecule has 2 aromatic rings. The van der Waals surface area contributed by atoms with E-state index in [1.165, 1.54) is 12.1 Å². The Balaban J connectivity index is 1.86. The molecule has 2 amide bonds. The lowest BCUT2D eigenvalue weighted by molar-refractivity contribution is -0.117. The minimum absolute atomic E-state index is 0.0513. The van der Waals surface area contributed by atoms with E-state index in [-0.39, 0.29) is 33.1 Å². The maximum absolute atomic E-state index is 14.4. The third-order valence-electron chi connectivity index (χ3n) is 5.32. The number of hydrogen-bond acceptors (Lipinski definition) is 2. The van der Waals surface area contributed by atoms with Gasteiger partial charge in [-0.05, 0) is 42.7 Å². The van der Waals surface area contributed by atoms with Crippen LogP contribution in [0.1, 0.15) is 43.7 Å². The second-order valence-electron chi connectivity index (χ2n) is 7.52. The average Bonchev–Trinajstić information content (AvgIpc) is 3.30. The molecule has 0 aromatic heterocycles. The quantitative estimate of drug-likeness (QED) is 0.280. The zero-order valence-corrected chi connectivity index (χ0v) is 20.9. The van der Waals surface area contributed by atoms with Crippen LogP contribution in [0.5, 0.6) is 0 Å². The van der Waals surface area contributed by atoms with Crippen molar-refractivity contribution in [3.05, 3.63) is 56.3 Å². The molecule has 1 aliphatic rings. The molecule has 1 saturated carbocycles. The molecule has 0 radical (unpaired) electrons. The van der Waals surface area contributed by atoms with Crippen LogP contribution in [0.4, 0.5) is 15.8 Å². The Morgan fingerprint density at radius 3 is 2.25 bits per heavy atom. The zero-order chi connectivity index (χ0) is 23.8. The predicted octanol–water partition coefficient (Wildman–Crippen LogP) is 7.61. The van der Waals surface area contributed by atoms with Gasteiger partial charge in [-0.1, -0.05) is 48.7 Å². The summed E-state index contributed by atoms with van der Waals surface area (Å²) in [5.74, 6) is -2.69. The maximum atomic E-state index is 14.4. The lowest BCUT2D eigenvalue weighted by Crippen LogP contribution is -2.20. The van der Waals surface area contributed by atoms with E-state index in [0.29, 0.717) is 29.7 Å². The van der Waals surface area contributed by atoms with E-state index in [1.807, 2.05) is 6.92 Å². The lowest BCUT2D eigenvalue weighted by atomic mass is 10.1. The van der Waals surface area contributed by atoms with Crippen molar-refractivity contribution in [1.29, 1.82) is 0 Å². The minimum Gasteiger partial charge on any atom is -0.325 e. The predicted molar refractivity (Wildman–Crippen MR) is 130 cm³/mol.